The van der Waals surface area contributed by atoms with Crippen LogP contribution in [0.25, 0.3) is 0 Å². The van der Waals surface area contributed by atoms with E-state index in [0.29, 0.717) is 6.04 Å². The third-order valence-electron chi connectivity index (χ3n) is 3.33. The third kappa shape index (κ3) is 2.83. The third-order valence-corrected chi connectivity index (χ3v) is 3.33. The van der Waals surface area contributed by atoms with Crippen molar-refractivity contribution in [3.63, 3.8) is 0 Å². The molecule has 0 aromatic carbocycles. The second-order valence-corrected chi connectivity index (χ2v) is 4.71. The Morgan fingerprint density at radius 2 is 2.06 bits per heavy atom. The van der Waals surface area contributed by atoms with Crippen LogP contribution in [0.3, 0.4) is 0 Å². The fraction of sp³-hybridized carbons (Fsp3) is 0.750. The highest BCUT2D eigenvalue weighted by molar-refractivity contribution is 5.05. The van der Waals surface area contributed by atoms with Gasteiger partial charge in [-0.15, -0.1) is 0 Å². The lowest BCUT2D eigenvalue weighted by Crippen LogP contribution is -2.40. The Balaban J connectivity index is 1.79. The van der Waals surface area contributed by atoms with E-state index in [0.717, 1.165) is 23.9 Å². The van der Waals surface area contributed by atoms with E-state index in [1.54, 1.807) is 0 Å². The topological polar surface area (TPSA) is 41.3 Å². The van der Waals surface area contributed by atoms with Crippen molar-refractivity contribution in [3.05, 3.63) is 17.3 Å². The predicted octanol–water partition coefficient (Wildman–Crippen LogP) is 1.48. The second kappa shape index (κ2) is 4.97. The smallest absolute Gasteiger partial charge is 0.208 e. The van der Waals surface area contributed by atoms with E-state index in [-0.39, 0.29) is 0 Å². The molecule has 2 heterocycles. The molecule has 16 heavy (non-hydrogen) atoms. The van der Waals surface area contributed by atoms with Crippen LogP contribution < -0.4 is 5.32 Å². The van der Waals surface area contributed by atoms with E-state index in [2.05, 4.69) is 22.2 Å². The molecule has 0 bridgehead atoms. The summed E-state index contributed by atoms with van der Waals surface area (Å²) in [5, 5.41) is 3.52. The fourth-order valence-corrected chi connectivity index (χ4v) is 2.06. The van der Waals surface area contributed by atoms with Gasteiger partial charge in [-0.1, -0.05) is 0 Å². The van der Waals surface area contributed by atoms with Gasteiger partial charge in [0.05, 0.1) is 12.2 Å². The molecule has 4 nitrogen and oxygen atoms in total. The molecule has 0 radical (unpaired) electrons. The van der Waals surface area contributed by atoms with Gasteiger partial charge in [-0.05, 0) is 46.8 Å². The Labute approximate surface area is 97.0 Å². The summed E-state index contributed by atoms with van der Waals surface area (Å²) < 4.78 is 5.54. The highest BCUT2D eigenvalue weighted by atomic mass is 16.4. The molecule has 1 aliphatic heterocycles. The van der Waals surface area contributed by atoms with Crippen molar-refractivity contribution in [1.29, 1.82) is 0 Å². The van der Waals surface area contributed by atoms with Crippen LogP contribution in [0.1, 0.15) is 30.2 Å². The molecule has 0 amide bonds. The quantitative estimate of drug-likeness (QED) is 0.842. The first-order valence-electron chi connectivity index (χ1n) is 6.00. The largest absolute Gasteiger partial charge is 0.444 e. The number of oxazole rings is 1. The van der Waals surface area contributed by atoms with Crippen LogP contribution in [0.2, 0.25) is 0 Å². The molecule has 1 fully saturated rings. The van der Waals surface area contributed by atoms with Crippen LogP contribution in [0.4, 0.5) is 0 Å². The molecule has 90 valence electrons. The summed E-state index contributed by atoms with van der Waals surface area (Å²) in [5.41, 5.74) is 1.00. The van der Waals surface area contributed by atoms with Crippen molar-refractivity contribution in [2.75, 3.05) is 20.1 Å². The zero-order chi connectivity index (χ0) is 11.5. The SMILES string of the molecule is Cc1nc(CNC2CCN(C)CC2)oc1C. The van der Waals surface area contributed by atoms with E-state index < -0.39 is 0 Å². The van der Waals surface area contributed by atoms with Crippen molar-refractivity contribution in [2.45, 2.75) is 39.3 Å². The summed E-state index contributed by atoms with van der Waals surface area (Å²) in [6.07, 6.45) is 2.43. The number of aryl methyl sites for hydroxylation is 2. The summed E-state index contributed by atoms with van der Waals surface area (Å²) in [7, 11) is 2.18. The highest BCUT2D eigenvalue weighted by Gasteiger charge is 2.16. The van der Waals surface area contributed by atoms with Crippen LogP contribution in [0.15, 0.2) is 4.42 Å². The molecule has 1 aromatic heterocycles. The van der Waals surface area contributed by atoms with E-state index in [9.17, 15) is 0 Å². The van der Waals surface area contributed by atoms with Gasteiger partial charge in [0.1, 0.15) is 5.76 Å². The molecule has 2 rings (SSSR count). The van der Waals surface area contributed by atoms with Gasteiger partial charge in [0, 0.05) is 6.04 Å². The molecule has 0 spiro atoms. The maximum Gasteiger partial charge on any atom is 0.208 e. The number of likely N-dealkylation sites (tertiary alicyclic amines) is 1. The zero-order valence-corrected chi connectivity index (χ0v) is 10.4. The molecular weight excluding hydrogens is 202 g/mol. The number of nitrogens with one attached hydrogen (secondary N) is 1. The Hall–Kier alpha value is -0.870. The van der Waals surface area contributed by atoms with E-state index in [1.165, 1.54) is 25.9 Å². The van der Waals surface area contributed by atoms with Crippen molar-refractivity contribution in [3.8, 4) is 0 Å². The van der Waals surface area contributed by atoms with Crippen LogP contribution in [0, 0.1) is 13.8 Å². The van der Waals surface area contributed by atoms with Gasteiger partial charge >= 0.3 is 0 Å². The fourth-order valence-electron chi connectivity index (χ4n) is 2.06. The standard InChI is InChI=1S/C12H21N3O/c1-9-10(2)16-12(14-9)8-13-11-4-6-15(3)7-5-11/h11,13H,4-8H2,1-3H3. The monoisotopic (exact) mass is 223 g/mol. The number of nitrogens with zero attached hydrogens (tertiary/aromatic N) is 2. The lowest BCUT2D eigenvalue weighted by atomic mass is 10.1. The molecule has 1 saturated heterocycles. The average molecular weight is 223 g/mol. The minimum absolute atomic E-state index is 0.615. The van der Waals surface area contributed by atoms with Gasteiger partial charge in [0.2, 0.25) is 5.89 Å². The van der Waals surface area contributed by atoms with Crippen LogP contribution >= 0.6 is 0 Å². The molecule has 0 saturated carbocycles. The number of hydrogen-bond acceptors (Lipinski definition) is 4. The lowest BCUT2D eigenvalue weighted by molar-refractivity contribution is 0.230. The van der Waals surface area contributed by atoms with E-state index >= 15 is 0 Å². The van der Waals surface area contributed by atoms with Crippen LogP contribution in [0.5, 0.6) is 0 Å². The maximum absolute atomic E-state index is 5.54. The van der Waals surface area contributed by atoms with Crippen molar-refractivity contribution in [2.24, 2.45) is 0 Å². The average Bonchev–Trinajstić information content (AvgIpc) is 2.58. The second-order valence-electron chi connectivity index (χ2n) is 4.71. The van der Waals surface area contributed by atoms with Gasteiger partial charge in [-0.25, -0.2) is 4.98 Å². The first kappa shape index (κ1) is 11.6. The normalized spacial score (nSPS) is 19.2. The first-order valence-corrected chi connectivity index (χ1v) is 6.00. The molecule has 1 N–H and O–H groups in total. The molecular formula is C12H21N3O. The molecule has 0 atom stereocenters. The molecule has 0 aliphatic carbocycles. The zero-order valence-electron chi connectivity index (χ0n) is 10.4. The summed E-state index contributed by atoms with van der Waals surface area (Å²) >= 11 is 0. The summed E-state index contributed by atoms with van der Waals surface area (Å²) in [6, 6.07) is 0.615. The molecule has 1 aliphatic rings. The van der Waals surface area contributed by atoms with Crippen molar-refractivity contribution in [1.82, 2.24) is 15.2 Å². The number of aromatic nitrogens is 1. The summed E-state index contributed by atoms with van der Waals surface area (Å²) in [6.45, 7) is 7.06. The first-order chi connectivity index (χ1) is 7.65. The molecule has 4 heteroatoms. The van der Waals surface area contributed by atoms with E-state index in [1.807, 2.05) is 13.8 Å². The number of rotatable bonds is 3. The number of hydrogen-bond donors (Lipinski definition) is 1. The van der Waals surface area contributed by atoms with Gasteiger partial charge in [0.15, 0.2) is 0 Å². The van der Waals surface area contributed by atoms with Crippen LogP contribution in [-0.4, -0.2) is 36.1 Å². The van der Waals surface area contributed by atoms with Crippen LogP contribution in [-0.2, 0) is 6.54 Å². The Morgan fingerprint density at radius 3 is 2.62 bits per heavy atom. The minimum Gasteiger partial charge on any atom is -0.444 e. The predicted molar refractivity (Wildman–Crippen MR) is 63.3 cm³/mol. The van der Waals surface area contributed by atoms with Crippen molar-refractivity contribution >= 4 is 0 Å². The maximum atomic E-state index is 5.54. The Kier molecular flexibility index (Phi) is 3.61. The molecule has 0 unspecified atom stereocenters. The number of piperidine rings is 1. The highest BCUT2D eigenvalue weighted by Crippen LogP contribution is 2.11. The summed E-state index contributed by atoms with van der Waals surface area (Å²) in [5.74, 6) is 1.74. The summed E-state index contributed by atoms with van der Waals surface area (Å²) in [4.78, 5) is 6.74. The molecule has 1 aromatic rings. The minimum atomic E-state index is 0.615. The lowest BCUT2D eigenvalue weighted by Gasteiger charge is -2.29. The van der Waals surface area contributed by atoms with Gasteiger partial charge < -0.3 is 14.6 Å². The van der Waals surface area contributed by atoms with Crippen molar-refractivity contribution < 1.29 is 4.42 Å². The Morgan fingerprint density at radius 1 is 1.38 bits per heavy atom. The van der Waals surface area contributed by atoms with E-state index in [4.69, 9.17) is 4.42 Å². The van der Waals surface area contributed by atoms with Gasteiger partial charge in [-0.3, -0.25) is 0 Å². The van der Waals surface area contributed by atoms with Gasteiger partial charge in [-0.2, -0.15) is 0 Å². The van der Waals surface area contributed by atoms with Gasteiger partial charge in [0.25, 0.3) is 0 Å². The Bertz CT molecular complexity index is 321.